The van der Waals surface area contributed by atoms with Gasteiger partial charge < -0.3 is 10.3 Å². The van der Waals surface area contributed by atoms with Gasteiger partial charge in [-0.15, -0.1) is 0 Å². The lowest BCUT2D eigenvalue weighted by Gasteiger charge is -2.29. The van der Waals surface area contributed by atoms with Crippen LogP contribution in [0.4, 0.5) is 0 Å². The molecule has 1 aliphatic heterocycles. The smallest absolute Gasteiger partial charge is 0.122 e. The summed E-state index contributed by atoms with van der Waals surface area (Å²) in [5.41, 5.74) is 8.92. The number of imidazole rings is 1. The second-order valence-corrected chi connectivity index (χ2v) is 5.47. The molecule has 20 heavy (non-hydrogen) atoms. The summed E-state index contributed by atoms with van der Waals surface area (Å²) in [4.78, 5) is 6.78. The highest BCUT2D eigenvalue weighted by molar-refractivity contribution is 5.25. The fourth-order valence-corrected chi connectivity index (χ4v) is 2.76. The Bertz CT molecular complexity index is 558. The minimum Gasteiger partial charge on any atom is -0.333 e. The average molecular weight is 270 g/mol. The van der Waals surface area contributed by atoms with Crippen molar-refractivity contribution in [3.8, 4) is 0 Å². The number of nitrogens with zero attached hydrogens (tertiary/aromatic N) is 3. The van der Waals surface area contributed by atoms with Crippen LogP contribution < -0.4 is 5.73 Å². The van der Waals surface area contributed by atoms with E-state index in [4.69, 9.17) is 5.73 Å². The van der Waals surface area contributed by atoms with Gasteiger partial charge in [-0.2, -0.15) is 0 Å². The van der Waals surface area contributed by atoms with Gasteiger partial charge in [-0.05, 0) is 17.5 Å². The second kappa shape index (κ2) is 5.77. The molecule has 0 aliphatic carbocycles. The fraction of sp³-hybridized carbons (Fsp3) is 0.438. The first-order valence-corrected chi connectivity index (χ1v) is 7.33. The number of rotatable bonds is 4. The molecule has 2 heterocycles. The van der Waals surface area contributed by atoms with Crippen LogP contribution in [0.3, 0.4) is 0 Å². The van der Waals surface area contributed by atoms with Crippen molar-refractivity contribution < 1.29 is 0 Å². The third-order valence-electron chi connectivity index (χ3n) is 4.09. The summed E-state index contributed by atoms with van der Waals surface area (Å²) in [6.07, 6.45) is 5.00. The van der Waals surface area contributed by atoms with Gasteiger partial charge in [0.25, 0.3) is 0 Å². The summed E-state index contributed by atoms with van der Waals surface area (Å²) < 4.78 is 2.22. The predicted molar refractivity (Wildman–Crippen MR) is 80.3 cm³/mol. The van der Waals surface area contributed by atoms with Crippen LogP contribution in [-0.2, 0) is 19.5 Å². The first-order chi connectivity index (χ1) is 9.76. The van der Waals surface area contributed by atoms with Gasteiger partial charge in [-0.3, -0.25) is 4.90 Å². The zero-order chi connectivity index (χ0) is 13.9. The molecule has 0 saturated carbocycles. The molecule has 0 amide bonds. The molecule has 0 radical (unpaired) electrons. The zero-order valence-corrected chi connectivity index (χ0v) is 12.0. The topological polar surface area (TPSA) is 47.1 Å². The van der Waals surface area contributed by atoms with E-state index in [-0.39, 0.29) is 6.04 Å². The van der Waals surface area contributed by atoms with Gasteiger partial charge >= 0.3 is 0 Å². The number of aromatic nitrogens is 2. The van der Waals surface area contributed by atoms with Gasteiger partial charge in [0.15, 0.2) is 0 Å². The Morgan fingerprint density at radius 3 is 2.80 bits per heavy atom. The number of hydrogen-bond donors (Lipinski definition) is 1. The Morgan fingerprint density at radius 1 is 1.25 bits per heavy atom. The lowest BCUT2D eigenvalue weighted by Crippen LogP contribution is -2.38. The van der Waals surface area contributed by atoms with Crippen LogP contribution in [-0.4, -0.2) is 27.5 Å². The molecular formula is C16H22N4. The van der Waals surface area contributed by atoms with Gasteiger partial charge in [-0.1, -0.05) is 31.2 Å². The Kier molecular flexibility index (Phi) is 3.85. The monoisotopic (exact) mass is 270 g/mol. The van der Waals surface area contributed by atoms with Crippen molar-refractivity contribution in [2.24, 2.45) is 5.73 Å². The molecule has 1 unspecified atom stereocenters. The highest BCUT2D eigenvalue weighted by Crippen LogP contribution is 2.17. The molecule has 2 aromatic rings. The molecule has 1 aliphatic rings. The minimum atomic E-state index is 0.0717. The van der Waals surface area contributed by atoms with E-state index in [1.807, 2.05) is 6.20 Å². The van der Waals surface area contributed by atoms with Crippen molar-refractivity contribution in [2.75, 3.05) is 13.1 Å². The third-order valence-corrected chi connectivity index (χ3v) is 4.09. The van der Waals surface area contributed by atoms with Crippen molar-refractivity contribution in [1.29, 1.82) is 0 Å². The summed E-state index contributed by atoms with van der Waals surface area (Å²) in [6, 6.07) is 8.75. The SMILES string of the molecule is CCc1ccc(C(N)CN2CCn3ccnc3C2)cc1. The predicted octanol–water partition coefficient (Wildman–Crippen LogP) is 1.96. The third kappa shape index (κ3) is 2.76. The van der Waals surface area contributed by atoms with Gasteiger partial charge in [-0.25, -0.2) is 4.98 Å². The summed E-state index contributed by atoms with van der Waals surface area (Å²) in [6.45, 7) is 6.01. The van der Waals surface area contributed by atoms with Crippen LogP contribution in [0.5, 0.6) is 0 Å². The van der Waals surface area contributed by atoms with E-state index in [1.165, 1.54) is 11.1 Å². The van der Waals surface area contributed by atoms with E-state index in [9.17, 15) is 0 Å². The average Bonchev–Trinajstić information content (AvgIpc) is 2.95. The van der Waals surface area contributed by atoms with Gasteiger partial charge in [0.05, 0.1) is 6.54 Å². The van der Waals surface area contributed by atoms with Crippen molar-refractivity contribution >= 4 is 0 Å². The second-order valence-electron chi connectivity index (χ2n) is 5.47. The summed E-state index contributed by atoms with van der Waals surface area (Å²) in [5.74, 6) is 1.14. The molecule has 0 bridgehead atoms. The lowest BCUT2D eigenvalue weighted by molar-refractivity contribution is 0.205. The summed E-state index contributed by atoms with van der Waals surface area (Å²) in [5, 5.41) is 0. The van der Waals surface area contributed by atoms with Crippen molar-refractivity contribution in [3.05, 3.63) is 53.6 Å². The number of benzene rings is 1. The molecule has 1 aromatic carbocycles. The maximum atomic E-state index is 6.34. The van der Waals surface area contributed by atoms with Crippen LogP contribution in [0.25, 0.3) is 0 Å². The Balaban J connectivity index is 1.63. The highest BCUT2D eigenvalue weighted by atomic mass is 15.2. The van der Waals surface area contributed by atoms with E-state index in [1.54, 1.807) is 0 Å². The maximum Gasteiger partial charge on any atom is 0.122 e. The van der Waals surface area contributed by atoms with Crippen molar-refractivity contribution in [3.63, 3.8) is 0 Å². The normalized spacial score (nSPS) is 16.9. The molecule has 3 rings (SSSR count). The van der Waals surface area contributed by atoms with Gasteiger partial charge in [0.1, 0.15) is 5.82 Å². The molecule has 4 heteroatoms. The Hall–Kier alpha value is -1.65. The van der Waals surface area contributed by atoms with Gasteiger partial charge in [0.2, 0.25) is 0 Å². The van der Waals surface area contributed by atoms with Crippen LogP contribution >= 0.6 is 0 Å². The van der Waals surface area contributed by atoms with Crippen molar-refractivity contribution in [1.82, 2.24) is 14.5 Å². The minimum absolute atomic E-state index is 0.0717. The summed E-state index contributed by atoms with van der Waals surface area (Å²) >= 11 is 0. The Morgan fingerprint density at radius 2 is 2.05 bits per heavy atom. The molecular weight excluding hydrogens is 248 g/mol. The van der Waals surface area contributed by atoms with Gasteiger partial charge in [0, 0.05) is 38.1 Å². The number of nitrogens with two attached hydrogens (primary N) is 1. The van der Waals surface area contributed by atoms with E-state index < -0.39 is 0 Å². The highest BCUT2D eigenvalue weighted by Gasteiger charge is 2.19. The first kappa shape index (κ1) is 13.3. The van der Waals surface area contributed by atoms with E-state index in [2.05, 4.69) is 51.8 Å². The molecule has 0 fully saturated rings. The molecule has 1 aromatic heterocycles. The number of aryl methyl sites for hydroxylation is 1. The maximum absolute atomic E-state index is 6.34. The molecule has 1 atom stereocenters. The van der Waals surface area contributed by atoms with Crippen LogP contribution in [0.2, 0.25) is 0 Å². The summed E-state index contributed by atoms with van der Waals surface area (Å²) in [7, 11) is 0. The van der Waals surface area contributed by atoms with Crippen molar-refractivity contribution in [2.45, 2.75) is 32.5 Å². The number of hydrogen-bond acceptors (Lipinski definition) is 3. The standard InChI is InChI=1S/C16H22N4/c1-2-13-3-5-14(6-4-13)15(17)11-19-9-10-20-8-7-18-16(20)12-19/h3-8,15H,2,9-12,17H2,1H3. The molecule has 106 valence electrons. The number of fused-ring (bicyclic) bond motifs is 1. The zero-order valence-electron chi connectivity index (χ0n) is 12.0. The largest absolute Gasteiger partial charge is 0.333 e. The van der Waals surface area contributed by atoms with Crippen LogP contribution in [0.15, 0.2) is 36.7 Å². The first-order valence-electron chi connectivity index (χ1n) is 7.33. The van der Waals surface area contributed by atoms with E-state index in [0.717, 1.165) is 38.4 Å². The van der Waals surface area contributed by atoms with E-state index in [0.29, 0.717) is 0 Å². The molecule has 2 N–H and O–H groups in total. The lowest BCUT2D eigenvalue weighted by atomic mass is 10.0. The molecule has 0 saturated heterocycles. The van der Waals surface area contributed by atoms with Crippen LogP contribution in [0, 0.1) is 0 Å². The quantitative estimate of drug-likeness (QED) is 0.924. The Labute approximate surface area is 120 Å². The molecule has 0 spiro atoms. The molecule has 4 nitrogen and oxygen atoms in total. The van der Waals surface area contributed by atoms with Crippen LogP contribution in [0.1, 0.15) is 29.9 Å². The fourth-order valence-electron chi connectivity index (χ4n) is 2.76. The van der Waals surface area contributed by atoms with E-state index >= 15 is 0 Å².